The Morgan fingerprint density at radius 1 is 1.38 bits per heavy atom. The van der Waals surface area contributed by atoms with Gasteiger partial charge in [0.1, 0.15) is 0 Å². The lowest BCUT2D eigenvalue weighted by molar-refractivity contribution is -0.466. The molecule has 6 nitrogen and oxygen atoms in total. The molecule has 0 atom stereocenters. The van der Waals surface area contributed by atoms with E-state index in [0.717, 1.165) is 41.4 Å². The van der Waals surface area contributed by atoms with Crippen molar-refractivity contribution in [3.05, 3.63) is 24.3 Å². The molecule has 3 rings (SSSR count). The summed E-state index contributed by atoms with van der Waals surface area (Å²) in [7, 11) is 0. The lowest BCUT2D eigenvalue weighted by Crippen LogP contribution is -2.78. The first-order valence-corrected chi connectivity index (χ1v) is 8.02. The van der Waals surface area contributed by atoms with Gasteiger partial charge in [0, 0.05) is 0 Å². The van der Waals surface area contributed by atoms with Crippen LogP contribution in [0.15, 0.2) is 29.4 Å². The van der Waals surface area contributed by atoms with E-state index >= 15 is 0 Å². The van der Waals surface area contributed by atoms with Crippen molar-refractivity contribution >= 4 is 34.5 Å². The molecule has 0 spiro atoms. The fraction of sp³-hybridized carbons (Fsp3) is 0.357. The summed E-state index contributed by atoms with van der Waals surface area (Å²) >= 11 is 1.39. The number of thioether (sulfide) groups is 1. The third-order valence-electron chi connectivity index (χ3n) is 3.25. The second-order valence-electron chi connectivity index (χ2n) is 4.88. The maximum Gasteiger partial charge on any atom is 0.265 e. The summed E-state index contributed by atoms with van der Waals surface area (Å²) in [5.74, 6) is 1.24. The number of aromatic amines is 1. The molecule has 0 aliphatic carbocycles. The van der Waals surface area contributed by atoms with Gasteiger partial charge in [0.05, 0.1) is 29.8 Å². The number of fused-ring (bicyclic) bond motifs is 1. The Bertz CT molecular complexity index is 633. The summed E-state index contributed by atoms with van der Waals surface area (Å²) in [6, 6.07) is 7.82. The molecule has 110 valence electrons. The molecule has 1 aliphatic rings. The van der Waals surface area contributed by atoms with Crippen LogP contribution in [0.5, 0.6) is 0 Å². The molecule has 2 aromatic rings. The predicted molar refractivity (Wildman–Crippen MR) is 82.8 cm³/mol. The van der Waals surface area contributed by atoms with E-state index in [1.54, 1.807) is 0 Å². The fourth-order valence-electron chi connectivity index (χ4n) is 2.17. The quantitative estimate of drug-likeness (QED) is 0.473. The number of hydrogen-bond donors (Lipinski definition) is 4. The van der Waals surface area contributed by atoms with Crippen molar-refractivity contribution in [1.29, 1.82) is 0 Å². The highest BCUT2D eigenvalue weighted by atomic mass is 32.2. The molecule has 7 heteroatoms. The van der Waals surface area contributed by atoms with E-state index in [1.807, 2.05) is 24.3 Å². The van der Waals surface area contributed by atoms with Crippen LogP contribution in [0.1, 0.15) is 19.3 Å². The van der Waals surface area contributed by atoms with Crippen molar-refractivity contribution in [2.45, 2.75) is 24.4 Å². The zero-order valence-corrected chi connectivity index (χ0v) is 12.4. The molecule has 0 bridgehead atoms. The van der Waals surface area contributed by atoms with Gasteiger partial charge in [0.2, 0.25) is 0 Å². The zero-order chi connectivity index (χ0) is 14.5. The summed E-state index contributed by atoms with van der Waals surface area (Å²) in [6.45, 7) is 0.964. The van der Waals surface area contributed by atoms with Crippen molar-refractivity contribution in [3.8, 4) is 0 Å². The van der Waals surface area contributed by atoms with E-state index in [1.165, 1.54) is 18.2 Å². The second-order valence-corrected chi connectivity index (χ2v) is 5.85. The number of amides is 1. The van der Waals surface area contributed by atoms with Gasteiger partial charge < -0.3 is 4.98 Å². The molecule has 4 N–H and O–H groups in total. The minimum atomic E-state index is -0.0691. The largest absolute Gasteiger partial charge is 0.333 e. The van der Waals surface area contributed by atoms with Crippen LogP contribution in [-0.2, 0) is 4.79 Å². The first kappa shape index (κ1) is 13.9. The Morgan fingerprint density at radius 2 is 2.29 bits per heavy atom. The van der Waals surface area contributed by atoms with E-state index in [0.29, 0.717) is 5.75 Å². The first-order chi connectivity index (χ1) is 10.3. The molecule has 0 fully saturated rings. The van der Waals surface area contributed by atoms with Gasteiger partial charge in [-0.3, -0.25) is 9.79 Å². The summed E-state index contributed by atoms with van der Waals surface area (Å²) in [4.78, 5) is 22.6. The highest BCUT2D eigenvalue weighted by Crippen LogP contribution is 2.18. The highest BCUT2D eigenvalue weighted by Gasteiger charge is 2.13. The summed E-state index contributed by atoms with van der Waals surface area (Å²) < 4.78 is 0. The Hall–Kier alpha value is -2.02. The van der Waals surface area contributed by atoms with Crippen LogP contribution in [0.4, 0.5) is 0 Å². The predicted octanol–water partition coefficient (Wildman–Crippen LogP) is -0.0612. The molecule has 0 saturated heterocycles. The van der Waals surface area contributed by atoms with Crippen LogP contribution >= 0.6 is 11.8 Å². The van der Waals surface area contributed by atoms with Crippen molar-refractivity contribution in [3.63, 3.8) is 0 Å². The normalized spacial score (nSPS) is 14.8. The van der Waals surface area contributed by atoms with E-state index in [9.17, 15) is 4.79 Å². The van der Waals surface area contributed by atoms with Gasteiger partial charge in [-0.1, -0.05) is 23.9 Å². The number of benzene rings is 1. The topological polar surface area (TPSA) is 83.8 Å². The number of nitrogens with one attached hydrogen (secondary N) is 4. The van der Waals surface area contributed by atoms with Gasteiger partial charge in [-0.05, 0) is 25.0 Å². The molecular formula is C14H18N5OS+. The van der Waals surface area contributed by atoms with Gasteiger partial charge in [0.25, 0.3) is 11.7 Å². The molecule has 1 amide bonds. The molecule has 1 aliphatic heterocycles. The number of carbonyl (C=O) groups excluding carboxylic acids is 1. The summed E-state index contributed by atoms with van der Waals surface area (Å²) in [6.07, 6.45) is 3.29. The lowest BCUT2D eigenvalue weighted by atomic mass is 10.2. The number of amidine groups is 1. The number of imidazole rings is 1. The number of carbonyl (C=O) groups is 1. The number of para-hydroxylation sites is 2. The van der Waals surface area contributed by atoms with Crippen LogP contribution in [0.25, 0.3) is 11.0 Å². The maximum atomic E-state index is 11.8. The average molecular weight is 304 g/mol. The standard InChI is InChI=1S/C14H17N5OS/c20-13(19-18-12-7-3-4-8-15-12)9-21-14-16-10-5-1-2-6-11(10)17-14/h1-2,5-6H,3-4,7-9H2,(H,15,18)(H,16,17)(H,19,20)/p+1. The molecule has 21 heavy (non-hydrogen) atoms. The minimum absolute atomic E-state index is 0.0691. The third kappa shape index (κ3) is 3.75. The van der Waals surface area contributed by atoms with E-state index in [-0.39, 0.29) is 5.91 Å². The van der Waals surface area contributed by atoms with E-state index < -0.39 is 0 Å². The van der Waals surface area contributed by atoms with Crippen LogP contribution < -0.4 is 15.8 Å². The maximum absolute atomic E-state index is 11.8. The number of hydrazine groups is 1. The van der Waals surface area contributed by atoms with Crippen molar-refractivity contribution in [1.82, 2.24) is 20.8 Å². The van der Waals surface area contributed by atoms with Gasteiger partial charge in [0.15, 0.2) is 5.16 Å². The minimum Gasteiger partial charge on any atom is -0.333 e. The fourth-order valence-corrected chi connectivity index (χ4v) is 2.86. The van der Waals surface area contributed by atoms with Crippen LogP contribution in [-0.4, -0.2) is 34.0 Å². The van der Waals surface area contributed by atoms with Gasteiger partial charge in [-0.15, -0.1) is 0 Å². The SMILES string of the molecule is O=C(CSc1nc2ccccc2[nH]1)NNC1=[NH+]CCCC1. The molecule has 0 unspecified atom stereocenters. The van der Waals surface area contributed by atoms with Gasteiger partial charge in [-0.2, -0.15) is 10.9 Å². The van der Waals surface area contributed by atoms with Crippen molar-refractivity contribution in [2.75, 3.05) is 12.3 Å². The van der Waals surface area contributed by atoms with Crippen molar-refractivity contribution < 1.29 is 9.79 Å². The molecule has 0 saturated carbocycles. The summed E-state index contributed by atoms with van der Waals surface area (Å²) in [5, 5.41) is 0.759. The number of rotatable bonds is 3. The first-order valence-electron chi connectivity index (χ1n) is 7.03. The number of hydrogen-bond acceptors (Lipinski definition) is 4. The third-order valence-corrected chi connectivity index (χ3v) is 4.13. The van der Waals surface area contributed by atoms with E-state index in [4.69, 9.17) is 0 Å². The molecule has 0 radical (unpaired) electrons. The Balaban J connectivity index is 1.47. The average Bonchev–Trinajstić information content (AvgIpc) is 2.95. The molecule has 2 heterocycles. The van der Waals surface area contributed by atoms with Gasteiger partial charge in [-0.25, -0.2) is 4.98 Å². The lowest BCUT2D eigenvalue weighted by Gasteiger charge is -2.07. The van der Waals surface area contributed by atoms with Crippen molar-refractivity contribution in [2.24, 2.45) is 0 Å². The second kappa shape index (κ2) is 6.62. The Labute approximate surface area is 126 Å². The van der Waals surface area contributed by atoms with E-state index in [2.05, 4.69) is 25.8 Å². The zero-order valence-electron chi connectivity index (χ0n) is 11.6. The highest BCUT2D eigenvalue weighted by molar-refractivity contribution is 7.99. The number of aromatic nitrogens is 2. The van der Waals surface area contributed by atoms with Crippen LogP contribution in [0.3, 0.4) is 0 Å². The molecule has 1 aromatic carbocycles. The van der Waals surface area contributed by atoms with Gasteiger partial charge >= 0.3 is 0 Å². The number of H-pyrrole nitrogens is 1. The molecular weight excluding hydrogens is 286 g/mol. The van der Waals surface area contributed by atoms with Crippen LogP contribution in [0.2, 0.25) is 0 Å². The molecule has 1 aromatic heterocycles. The Morgan fingerprint density at radius 3 is 3.10 bits per heavy atom. The number of nitrogens with zero attached hydrogens (tertiary/aromatic N) is 1. The monoisotopic (exact) mass is 304 g/mol. The summed E-state index contributed by atoms with van der Waals surface area (Å²) in [5.41, 5.74) is 7.56. The smallest absolute Gasteiger partial charge is 0.265 e. The van der Waals surface area contributed by atoms with Crippen LogP contribution in [0, 0.1) is 0 Å². The Kier molecular flexibility index (Phi) is 4.40.